The molecule has 106 valence electrons. The Morgan fingerprint density at radius 2 is 1.89 bits per heavy atom. The Kier molecular flexibility index (Phi) is 5.82. The number of hydrogen-bond donors (Lipinski definition) is 2. The second-order valence-electron chi connectivity index (χ2n) is 4.27. The van der Waals surface area contributed by atoms with E-state index in [0.717, 1.165) is 5.56 Å². The number of halogens is 3. The molecule has 1 unspecified atom stereocenters. The number of nitrogens with two attached hydrogens (primary N) is 1. The highest BCUT2D eigenvalue weighted by Gasteiger charge is 2.27. The minimum absolute atomic E-state index is 0.232. The molecule has 0 aromatic heterocycles. The molecule has 0 aliphatic carbocycles. The van der Waals surface area contributed by atoms with Crippen LogP contribution >= 0.6 is 0 Å². The van der Waals surface area contributed by atoms with E-state index in [1.165, 1.54) is 0 Å². The Balaban J connectivity index is 2.22. The predicted octanol–water partition coefficient (Wildman–Crippen LogP) is 2.54. The first kappa shape index (κ1) is 15.5. The lowest BCUT2D eigenvalue weighted by atomic mass is 10.1. The van der Waals surface area contributed by atoms with E-state index in [1.54, 1.807) is 0 Å². The van der Waals surface area contributed by atoms with E-state index >= 15 is 0 Å². The first-order valence-electron chi connectivity index (χ1n) is 6.02. The number of amides is 1. The van der Waals surface area contributed by atoms with E-state index in [-0.39, 0.29) is 12.6 Å². The Bertz CT molecular complexity index is 393. The molecule has 0 spiro atoms. The molecule has 19 heavy (non-hydrogen) atoms. The highest BCUT2D eigenvalue weighted by Crippen LogP contribution is 2.21. The van der Waals surface area contributed by atoms with Crippen LogP contribution < -0.4 is 11.1 Å². The van der Waals surface area contributed by atoms with Crippen molar-refractivity contribution in [3.8, 4) is 0 Å². The second-order valence-corrected chi connectivity index (χ2v) is 4.27. The Morgan fingerprint density at radius 1 is 1.26 bits per heavy atom. The van der Waals surface area contributed by atoms with Gasteiger partial charge in [0.2, 0.25) is 5.91 Å². The molecule has 0 saturated heterocycles. The molecule has 3 nitrogen and oxygen atoms in total. The summed E-state index contributed by atoms with van der Waals surface area (Å²) < 4.78 is 35.7. The van der Waals surface area contributed by atoms with Crippen molar-refractivity contribution in [1.82, 2.24) is 5.32 Å². The first-order valence-corrected chi connectivity index (χ1v) is 6.02. The van der Waals surface area contributed by atoms with Crippen LogP contribution in [0.15, 0.2) is 30.3 Å². The summed E-state index contributed by atoms with van der Waals surface area (Å²) in [4.78, 5) is 11.2. The monoisotopic (exact) mass is 274 g/mol. The van der Waals surface area contributed by atoms with E-state index in [4.69, 9.17) is 5.73 Å². The summed E-state index contributed by atoms with van der Waals surface area (Å²) in [7, 11) is 0. The average molecular weight is 274 g/mol. The van der Waals surface area contributed by atoms with E-state index in [2.05, 4.69) is 5.32 Å². The quantitative estimate of drug-likeness (QED) is 0.837. The zero-order chi connectivity index (χ0) is 14.3. The molecular formula is C13H17F3N2O. The van der Waals surface area contributed by atoms with Crippen LogP contribution in [0.25, 0.3) is 0 Å². The maximum atomic E-state index is 11.9. The Hall–Kier alpha value is -1.56. The molecule has 0 aliphatic rings. The van der Waals surface area contributed by atoms with Crippen LogP contribution in [0, 0.1) is 0 Å². The molecule has 1 amide bonds. The summed E-state index contributed by atoms with van der Waals surface area (Å²) in [5.41, 5.74) is 6.83. The summed E-state index contributed by atoms with van der Waals surface area (Å²) in [5, 5.41) is 2.44. The van der Waals surface area contributed by atoms with Crippen LogP contribution in [0.1, 0.15) is 30.9 Å². The van der Waals surface area contributed by atoms with Crippen molar-refractivity contribution in [2.45, 2.75) is 31.5 Å². The third-order valence-electron chi connectivity index (χ3n) is 2.64. The van der Waals surface area contributed by atoms with E-state index in [9.17, 15) is 18.0 Å². The summed E-state index contributed by atoms with van der Waals surface area (Å²) in [6, 6.07) is 9.10. The summed E-state index contributed by atoms with van der Waals surface area (Å²) in [6.45, 7) is 0.271. The molecule has 1 atom stereocenters. The van der Waals surface area contributed by atoms with Crippen LogP contribution in [0.5, 0.6) is 0 Å². The largest absolute Gasteiger partial charge is 0.389 e. The minimum atomic E-state index is -4.29. The highest BCUT2D eigenvalue weighted by atomic mass is 19.4. The van der Waals surface area contributed by atoms with Crippen molar-refractivity contribution >= 4 is 5.91 Å². The van der Waals surface area contributed by atoms with E-state index < -0.39 is 24.9 Å². The zero-order valence-electron chi connectivity index (χ0n) is 10.4. The van der Waals surface area contributed by atoms with Gasteiger partial charge in [0.05, 0.1) is 6.42 Å². The maximum absolute atomic E-state index is 11.9. The fourth-order valence-corrected chi connectivity index (χ4v) is 1.58. The highest BCUT2D eigenvalue weighted by molar-refractivity contribution is 5.75. The van der Waals surface area contributed by atoms with Gasteiger partial charge in [0.1, 0.15) is 0 Å². The number of alkyl halides is 3. The predicted molar refractivity (Wildman–Crippen MR) is 66.3 cm³/mol. The van der Waals surface area contributed by atoms with Crippen molar-refractivity contribution in [3.63, 3.8) is 0 Å². The lowest BCUT2D eigenvalue weighted by molar-refractivity contribution is -0.144. The van der Waals surface area contributed by atoms with Gasteiger partial charge in [-0.05, 0) is 12.0 Å². The lowest BCUT2D eigenvalue weighted by Crippen LogP contribution is -2.28. The van der Waals surface area contributed by atoms with Gasteiger partial charge >= 0.3 is 6.18 Å². The number of hydrogen-bond acceptors (Lipinski definition) is 2. The van der Waals surface area contributed by atoms with Crippen molar-refractivity contribution in [3.05, 3.63) is 35.9 Å². The molecule has 0 aliphatic heterocycles. The molecular weight excluding hydrogens is 257 g/mol. The molecule has 3 N–H and O–H groups in total. The SMILES string of the molecule is NC(CCNC(=O)CCC(F)(F)F)c1ccccc1. The lowest BCUT2D eigenvalue weighted by Gasteiger charge is -2.12. The third-order valence-corrected chi connectivity index (χ3v) is 2.64. The molecule has 0 heterocycles. The standard InChI is InChI=1S/C13H17F3N2O/c14-13(15,16)8-6-12(19)18-9-7-11(17)10-4-2-1-3-5-10/h1-5,11H,6-9,17H2,(H,18,19). The normalized spacial score (nSPS) is 13.1. The van der Waals surface area contributed by atoms with Gasteiger partial charge in [0.15, 0.2) is 0 Å². The number of rotatable bonds is 6. The van der Waals surface area contributed by atoms with Gasteiger partial charge in [-0.1, -0.05) is 30.3 Å². The average Bonchev–Trinajstić information content (AvgIpc) is 2.36. The Morgan fingerprint density at radius 3 is 2.47 bits per heavy atom. The second kappa shape index (κ2) is 7.13. The van der Waals surface area contributed by atoms with Crippen LogP contribution in [-0.4, -0.2) is 18.6 Å². The smallest absolute Gasteiger partial charge is 0.356 e. The summed E-state index contributed by atoms with van der Waals surface area (Å²) >= 11 is 0. The zero-order valence-corrected chi connectivity index (χ0v) is 10.4. The molecule has 1 aromatic carbocycles. The number of benzene rings is 1. The van der Waals surface area contributed by atoms with Crippen molar-refractivity contribution in [1.29, 1.82) is 0 Å². The molecule has 1 aromatic rings. The van der Waals surface area contributed by atoms with Gasteiger partial charge in [-0.2, -0.15) is 13.2 Å². The van der Waals surface area contributed by atoms with Gasteiger partial charge in [0, 0.05) is 19.0 Å². The summed E-state index contributed by atoms with van der Waals surface area (Å²) in [6.07, 6.45) is -5.44. The number of carbonyl (C=O) groups is 1. The van der Waals surface area contributed by atoms with Crippen molar-refractivity contribution in [2.24, 2.45) is 5.73 Å². The van der Waals surface area contributed by atoms with Gasteiger partial charge in [-0.3, -0.25) is 4.79 Å². The van der Waals surface area contributed by atoms with Gasteiger partial charge in [-0.25, -0.2) is 0 Å². The molecule has 0 radical (unpaired) electrons. The van der Waals surface area contributed by atoms with Crippen molar-refractivity contribution < 1.29 is 18.0 Å². The Labute approximate surface area is 110 Å². The summed E-state index contributed by atoms with van der Waals surface area (Å²) in [5.74, 6) is -0.599. The topological polar surface area (TPSA) is 55.1 Å². The van der Waals surface area contributed by atoms with E-state index in [1.807, 2.05) is 30.3 Å². The van der Waals surface area contributed by atoms with Crippen molar-refractivity contribution in [2.75, 3.05) is 6.54 Å². The third kappa shape index (κ3) is 6.81. The van der Waals surface area contributed by atoms with Gasteiger partial charge in [-0.15, -0.1) is 0 Å². The fraction of sp³-hybridized carbons (Fsp3) is 0.462. The van der Waals surface area contributed by atoms with Crippen LogP contribution in [0.4, 0.5) is 13.2 Å². The molecule has 6 heteroatoms. The molecule has 0 saturated carbocycles. The number of carbonyl (C=O) groups excluding carboxylic acids is 1. The van der Waals surface area contributed by atoms with Crippen LogP contribution in [-0.2, 0) is 4.79 Å². The van der Waals surface area contributed by atoms with Gasteiger partial charge in [0.25, 0.3) is 0 Å². The van der Waals surface area contributed by atoms with Crippen LogP contribution in [0.2, 0.25) is 0 Å². The van der Waals surface area contributed by atoms with E-state index in [0.29, 0.717) is 6.42 Å². The maximum Gasteiger partial charge on any atom is 0.389 e. The van der Waals surface area contributed by atoms with Crippen LogP contribution in [0.3, 0.4) is 0 Å². The first-order chi connectivity index (χ1) is 8.88. The van der Waals surface area contributed by atoms with Gasteiger partial charge < -0.3 is 11.1 Å². The fourth-order valence-electron chi connectivity index (χ4n) is 1.58. The molecule has 0 bridgehead atoms. The molecule has 0 fully saturated rings. The number of nitrogens with one attached hydrogen (secondary N) is 1. The molecule has 1 rings (SSSR count). The minimum Gasteiger partial charge on any atom is -0.356 e.